The van der Waals surface area contributed by atoms with Gasteiger partial charge in [0.05, 0.1) is 12.1 Å². The minimum absolute atomic E-state index is 0.308. The molecular formula is C19H15ClFNO2. The smallest absolute Gasteiger partial charge is 0.138 e. The summed E-state index contributed by atoms with van der Waals surface area (Å²) in [6, 6.07) is 13.5. The lowest BCUT2D eigenvalue weighted by molar-refractivity contribution is 0.306. The topological polar surface area (TPSA) is 31.4 Å². The molecule has 2 aromatic carbocycles. The Labute approximate surface area is 144 Å². The van der Waals surface area contributed by atoms with E-state index < -0.39 is 0 Å². The highest BCUT2D eigenvalue weighted by atomic mass is 35.5. The van der Waals surface area contributed by atoms with E-state index in [1.165, 1.54) is 12.1 Å². The first-order valence-corrected chi connectivity index (χ1v) is 7.70. The average molecular weight is 344 g/mol. The molecule has 0 fully saturated rings. The number of benzene rings is 2. The molecule has 0 N–H and O–H groups in total. The molecule has 0 atom stereocenters. The van der Waals surface area contributed by atoms with Crippen LogP contribution in [0.3, 0.4) is 0 Å². The molecule has 0 radical (unpaired) electrons. The summed E-state index contributed by atoms with van der Waals surface area (Å²) in [6.45, 7) is 0.308. The predicted molar refractivity (Wildman–Crippen MR) is 92.0 cm³/mol. The molecule has 0 unspecified atom stereocenters. The molecule has 0 aliphatic heterocycles. The zero-order valence-electron chi connectivity index (χ0n) is 13.0. The molecule has 122 valence electrons. The summed E-state index contributed by atoms with van der Waals surface area (Å²) >= 11 is 6.08. The summed E-state index contributed by atoms with van der Waals surface area (Å²) in [4.78, 5) is 4.21. The second-order valence-electron chi connectivity index (χ2n) is 5.15. The number of methoxy groups -OCH3 is 1. The molecular weight excluding hydrogens is 329 g/mol. The molecule has 0 spiro atoms. The third-order valence-electron chi connectivity index (χ3n) is 3.50. The van der Waals surface area contributed by atoms with Gasteiger partial charge in [0.2, 0.25) is 0 Å². The van der Waals surface area contributed by atoms with Gasteiger partial charge in [0, 0.05) is 29.1 Å². The number of rotatable bonds is 5. The summed E-state index contributed by atoms with van der Waals surface area (Å²) < 4.78 is 24.6. The van der Waals surface area contributed by atoms with E-state index in [0.717, 1.165) is 11.1 Å². The van der Waals surface area contributed by atoms with E-state index in [1.807, 2.05) is 18.2 Å². The third kappa shape index (κ3) is 3.66. The molecule has 1 aromatic heterocycles. The fraction of sp³-hybridized carbons (Fsp3) is 0.105. The van der Waals surface area contributed by atoms with Crippen molar-refractivity contribution in [2.24, 2.45) is 0 Å². The Morgan fingerprint density at radius 2 is 1.88 bits per heavy atom. The SMILES string of the molecule is COc1ccc(F)cc1-c1cncc(COc2ccccc2Cl)c1. The standard InChI is InChI=1S/C19H15ClFNO2/c1-23-18-7-6-15(21)9-16(18)14-8-13(10-22-11-14)12-24-19-5-3-2-4-17(19)20/h2-11H,12H2,1H3. The summed E-state index contributed by atoms with van der Waals surface area (Å²) in [5, 5.41) is 0.549. The van der Waals surface area contributed by atoms with Crippen LogP contribution in [0.25, 0.3) is 11.1 Å². The normalized spacial score (nSPS) is 10.5. The van der Waals surface area contributed by atoms with Gasteiger partial charge in [-0.3, -0.25) is 4.98 Å². The Morgan fingerprint density at radius 1 is 1.04 bits per heavy atom. The maximum atomic E-state index is 13.6. The number of ether oxygens (including phenoxy) is 2. The van der Waals surface area contributed by atoms with E-state index in [9.17, 15) is 4.39 Å². The van der Waals surface area contributed by atoms with Crippen molar-refractivity contribution in [1.29, 1.82) is 0 Å². The van der Waals surface area contributed by atoms with Crippen molar-refractivity contribution in [2.45, 2.75) is 6.61 Å². The molecule has 0 saturated heterocycles. The van der Waals surface area contributed by atoms with Crippen molar-refractivity contribution in [3.63, 3.8) is 0 Å². The quantitative estimate of drug-likeness (QED) is 0.643. The minimum atomic E-state index is -0.330. The predicted octanol–water partition coefficient (Wildman–Crippen LogP) is 5.13. The molecule has 3 nitrogen and oxygen atoms in total. The van der Waals surface area contributed by atoms with Crippen LogP contribution in [0, 0.1) is 5.82 Å². The van der Waals surface area contributed by atoms with Gasteiger partial charge in [0.25, 0.3) is 0 Å². The van der Waals surface area contributed by atoms with Gasteiger partial charge in [0.1, 0.15) is 23.9 Å². The van der Waals surface area contributed by atoms with Gasteiger partial charge in [-0.05, 0) is 36.4 Å². The fourth-order valence-corrected chi connectivity index (χ4v) is 2.53. The molecule has 3 aromatic rings. The Kier molecular flexibility index (Phi) is 4.96. The van der Waals surface area contributed by atoms with Crippen LogP contribution < -0.4 is 9.47 Å². The Hall–Kier alpha value is -2.59. The highest BCUT2D eigenvalue weighted by molar-refractivity contribution is 6.32. The first-order valence-electron chi connectivity index (χ1n) is 7.32. The van der Waals surface area contributed by atoms with E-state index in [0.29, 0.717) is 28.7 Å². The van der Waals surface area contributed by atoms with Crippen LogP contribution in [0.5, 0.6) is 11.5 Å². The lowest BCUT2D eigenvalue weighted by Gasteiger charge is -2.11. The van der Waals surface area contributed by atoms with Crippen molar-refractivity contribution in [2.75, 3.05) is 7.11 Å². The van der Waals surface area contributed by atoms with Crippen molar-refractivity contribution in [1.82, 2.24) is 4.98 Å². The third-order valence-corrected chi connectivity index (χ3v) is 3.81. The van der Waals surface area contributed by atoms with Crippen LogP contribution in [0.4, 0.5) is 4.39 Å². The molecule has 0 aliphatic carbocycles. The molecule has 5 heteroatoms. The number of hydrogen-bond donors (Lipinski definition) is 0. The summed E-state index contributed by atoms with van der Waals surface area (Å²) in [5.41, 5.74) is 2.25. The van der Waals surface area contributed by atoms with Crippen molar-refractivity contribution in [3.05, 3.63) is 77.3 Å². The molecule has 1 heterocycles. The van der Waals surface area contributed by atoms with Gasteiger partial charge in [-0.2, -0.15) is 0 Å². The lowest BCUT2D eigenvalue weighted by Crippen LogP contribution is -1.98. The summed E-state index contributed by atoms with van der Waals surface area (Å²) in [6.07, 6.45) is 3.36. The fourth-order valence-electron chi connectivity index (χ4n) is 2.34. The van der Waals surface area contributed by atoms with E-state index in [2.05, 4.69) is 4.98 Å². The second kappa shape index (κ2) is 7.32. The van der Waals surface area contributed by atoms with E-state index in [4.69, 9.17) is 21.1 Å². The van der Waals surface area contributed by atoms with Crippen molar-refractivity contribution < 1.29 is 13.9 Å². The zero-order valence-corrected chi connectivity index (χ0v) is 13.8. The van der Waals surface area contributed by atoms with Gasteiger partial charge in [-0.1, -0.05) is 23.7 Å². The second-order valence-corrected chi connectivity index (χ2v) is 5.55. The first kappa shape index (κ1) is 16.3. The largest absolute Gasteiger partial charge is 0.496 e. The maximum Gasteiger partial charge on any atom is 0.138 e. The van der Waals surface area contributed by atoms with Crippen LogP contribution in [0.15, 0.2) is 60.9 Å². The van der Waals surface area contributed by atoms with Crippen molar-refractivity contribution in [3.8, 4) is 22.6 Å². The van der Waals surface area contributed by atoms with Crippen LogP contribution >= 0.6 is 11.6 Å². The van der Waals surface area contributed by atoms with Gasteiger partial charge in [-0.25, -0.2) is 4.39 Å². The zero-order chi connectivity index (χ0) is 16.9. The Balaban J connectivity index is 1.85. The Bertz CT molecular complexity index is 854. The van der Waals surface area contributed by atoms with E-state index in [1.54, 1.807) is 37.7 Å². The summed E-state index contributed by atoms with van der Waals surface area (Å²) in [5.74, 6) is 0.860. The highest BCUT2D eigenvalue weighted by Crippen LogP contribution is 2.31. The number of pyridine rings is 1. The monoisotopic (exact) mass is 343 g/mol. The van der Waals surface area contributed by atoms with Crippen LogP contribution in [-0.4, -0.2) is 12.1 Å². The van der Waals surface area contributed by atoms with Crippen LogP contribution in [0.1, 0.15) is 5.56 Å². The van der Waals surface area contributed by atoms with Crippen LogP contribution in [-0.2, 0) is 6.61 Å². The van der Waals surface area contributed by atoms with Gasteiger partial charge in [-0.15, -0.1) is 0 Å². The number of nitrogens with zero attached hydrogens (tertiary/aromatic N) is 1. The minimum Gasteiger partial charge on any atom is -0.496 e. The summed E-state index contributed by atoms with van der Waals surface area (Å²) in [7, 11) is 1.55. The number of halogens is 2. The van der Waals surface area contributed by atoms with E-state index >= 15 is 0 Å². The van der Waals surface area contributed by atoms with E-state index in [-0.39, 0.29) is 5.82 Å². The lowest BCUT2D eigenvalue weighted by atomic mass is 10.0. The van der Waals surface area contributed by atoms with Crippen molar-refractivity contribution >= 4 is 11.6 Å². The van der Waals surface area contributed by atoms with Gasteiger partial charge < -0.3 is 9.47 Å². The molecule has 0 saturated carbocycles. The van der Waals surface area contributed by atoms with Gasteiger partial charge in [0.15, 0.2) is 0 Å². The van der Waals surface area contributed by atoms with Crippen LogP contribution in [0.2, 0.25) is 5.02 Å². The number of para-hydroxylation sites is 1. The molecule has 0 bridgehead atoms. The maximum absolute atomic E-state index is 13.6. The molecule has 3 rings (SSSR count). The molecule has 24 heavy (non-hydrogen) atoms. The Morgan fingerprint density at radius 3 is 2.67 bits per heavy atom. The number of aromatic nitrogens is 1. The highest BCUT2D eigenvalue weighted by Gasteiger charge is 2.09. The first-order chi connectivity index (χ1) is 11.7. The number of hydrogen-bond acceptors (Lipinski definition) is 3. The molecule has 0 amide bonds. The molecule has 0 aliphatic rings. The average Bonchev–Trinajstić information content (AvgIpc) is 2.61. The van der Waals surface area contributed by atoms with Gasteiger partial charge >= 0.3 is 0 Å².